The molecule has 19 nitrogen and oxygen atoms in total. The average molecular weight is 1520 g/mol. The van der Waals surface area contributed by atoms with Crippen LogP contribution >= 0.6 is 0 Å². The van der Waals surface area contributed by atoms with Crippen LogP contribution in [0.3, 0.4) is 0 Å². The number of unbranched alkanes of at least 4 members (excludes halogenated alkanes) is 41. The van der Waals surface area contributed by atoms with E-state index in [1.807, 2.05) is 6.08 Å². The van der Waals surface area contributed by atoms with Gasteiger partial charge in [-0.25, -0.2) is 0 Å². The molecule has 0 radical (unpaired) electrons. The Morgan fingerprint density at radius 3 is 1.05 bits per heavy atom. The summed E-state index contributed by atoms with van der Waals surface area (Å²) in [5.74, 6) is -0.285. The highest BCUT2D eigenvalue weighted by Crippen LogP contribution is 2.33. The average Bonchev–Trinajstić information content (AvgIpc) is 0.782. The number of amides is 1. The molecule has 3 saturated heterocycles. The summed E-state index contributed by atoms with van der Waals surface area (Å²) in [4.78, 5) is 13.5. The van der Waals surface area contributed by atoms with Gasteiger partial charge in [0.05, 0.1) is 38.6 Å². The third-order valence-corrected chi connectivity index (χ3v) is 21.2. The Labute approximate surface area is 648 Å². The maximum absolute atomic E-state index is 13.5. The van der Waals surface area contributed by atoms with Gasteiger partial charge >= 0.3 is 0 Å². The predicted molar refractivity (Wildman–Crippen MR) is 429 cm³/mol. The monoisotopic (exact) mass is 1520 g/mol. The number of rotatable bonds is 69. The Kier molecular flexibility index (Phi) is 61.9. The predicted octanol–water partition coefficient (Wildman–Crippen LogP) is 15.7. The number of hydrogen-bond acceptors (Lipinski definition) is 18. The van der Waals surface area contributed by atoms with E-state index in [2.05, 4.69) is 92.1 Å². The molecule has 0 aromatic rings. The maximum Gasteiger partial charge on any atom is 0.220 e. The molecule has 19 heteroatoms. The zero-order valence-electron chi connectivity index (χ0n) is 66.9. The normalized spacial score (nSPS) is 25.9. The topological polar surface area (TPSA) is 307 Å². The van der Waals surface area contributed by atoms with Gasteiger partial charge in [0.1, 0.15) is 73.2 Å². The fourth-order valence-corrected chi connectivity index (χ4v) is 14.3. The molecule has 0 aromatic heterocycles. The van der Waals surface area contributed by atoms with Gasteiger partial charge in [0.25, 0.3) is 0 Å². The summed E-state index contributed by atoms with van der Waals surface area (Å²) in [6.45, 7) is 1.63. The lowest BCUT2D eigenvalue weighted by Crippen LogP contribution is -2.66. The van der Waals surface area contributed by atoms with Crippen molar-refractivity contribution in [1.82, 2.24) is 5.32 Å². The standard InChI is InChI=1S/C88H157NO18/c1-3-5-7-9-11-13-15-17-19-21-23-25-26-27-28-29-30-31-32-33-34-35-36-37-38-39-40-41-42-43-44-46-48-50-52-54-56-58-60-62-64-66-76(94)89-71(72(93)65-63-61-59-57-55-53-51-49-47-45-24-22-20-18-16-14-12-10-8-6-4-2)70-102-86-82(100)79(97)84(74(68-91)104-86)107-88-83(101)80(98)85(75(69-92)105-88)106-87-81(99)78(96)77(95)73(67-90)103-87/h5,7,11,13,17,19,23,25,47,49,55,57,63,65,71-75,77-88,90-93,95-101H,3-4,6,8-10,12,14-16,18,20-22,24,26-46,48,50-54,56,58-62,64,66-70H2,1-2H3,(H,89,94)/b7-5-,13-11-,19-17-,25-23-,49-47+,57-55+,65-63+. The first-order valence-corrected chi connectivity index (χ1v) is 43.3. The molecule has 17 atom stereocenters. The van der Waals surface area contributed by atoms with Crippen LogP contribution in [0.4, 0.5) is 0 Å². The molecule has 0 aromatic carbocycles. The van der Waals surface area contributed by atoms with E-state index in [0.717, 1.165) is 70.6 Å². The van der Waals surface area contributed by atoms with Crippen molar-refractivity contribution < 1.29 is 89.4 Å². The van der Waals surface area contributed by atoms with Crippen LogP contribution in [0.15, 0.2) is 85.1 Å². The second-order valence-corrected chi connectivity index (χ2v) is 30.6. The van der Waals surface area contributed by atoms with Crippen molar-refractivity contribution in [3.05, 3.63) is 85.1 Å². The van der Waals surface area contributed by atoms with E-state index >= 15 is 0 Å². The van der Waals surface area contributed by atoms with Gasteiger partial charge in [-0.05, 0) is 83.5 Å². The number of carbonyl (C=O) groups excluding carboxylic acids is 1. The summed E-state index contributed by atoms with van der Waals surface area (Å²) in [7, 11) is 0. The first-order valence-electron chi connectivity index (χ1n) is 43.3. The quantitative estimate of drug-likeness (QED) is 0.0199. The molecule has 3 aliphatic heterocycles. The summed E-state index contributed by atoms with van der Waals surface area (Å²) < 4.78 is 34.4. The van der Waals surface area contributed by atoms with Gasteiger partial charge in [0.15, 0.2) is 18.9 Å². The molecular formula is C88H157NO18. The number of nitrogens with one attached hydrogen (secondary N) is 1. The van der Waals surface area contributed by atoms with Crippen molar-refractivity contribution in [2.75, 3.05) is 26.4 Å². The fraction of sp³-hybridized carbons (Fsp3) is 0.830. The summed E-state index contributed by atoms with van der Waals surface area (Å²) in [5, 5.41) is 121. The summed E-state index contributed by atoms with van der Waals surface area (Å²) in [5.41, 5.74) is 0. The van der Waals surface area contributed by atoms with E-state index < -0.39 is 124 Å². The van der Waals surface area contributed by atoms with Gasteiger partial charge in [-0.3, -0.25) is 4.79 Å². The van der Waals surface area contributed by atoms with Gasteiger partial charge in [-0.1, -0.05) is 330 Å². The van der Waals surface area contributed by atoms with Crippen LogP contribution in [-0.4, -0.2) is 193 Å². The van der Waals surface area contributed by atoms with Crippen LogP contribution in [0, 0.1) is 0 Å². The Balaban J connectivity index is 1.30. The lowest BCUT2D eigenvalue weighted by atomic mass is 9.96. The molecule has 17 unspecified atom stereocenters. The minimum Gasteiger partial charge on any atom is -0.394 e. The highest BCUT2D eigenvalue weighted by Gasteiger charge is 2.54. The molecule has 0 spiro atoms. The van der Waals surface area contributed by atoms with Crippen molar-refractivity contribution in [2.24, 2.45) is 0 Å². The van der Waals surface area contributed by atoms with E-state index in [4.69, 9.17) is 28.4 Å². The van der Waals surface area contributed by atoms with Crippen LogP contribution in [0.1, 0.15) is 335 Å². The Morgan fingerprint density at radius 2 is 0.654 bits per heavy atom. The molecule has 3 rings (SSSR count). The zero-order valence-corrected chi connectivity index (χ0v) is 66.9. The lowest BCUT2D eigenvalue weighted by Gasteiger charge is -2.48. The van der Waals surface area contributed by atoms with Gasteiger partial charge in [0.2, 0.25) is 5.91 Å². The molecule has 0 saturated carbocycles. The van der Waals surface area contributed by atoms with Crippen molar-refractivity contribution in [1.29, 1.82) is 0 Å². The van der Waals surface area contributed by atoms with E-state index in [-0.39, 0.29) is 18.9 Å². The number of allylic oxidation sites excluding steroid dienone is 13. The first kappa shape index (κ1) is 98.2. The van der Waals surface area contributed by atoms with Crippen molar-refractivity contribution >= 4 is 5.91 Å². The van der Waals surface area contributed by atoms with E-state index in [1.165, 1.54) is 231 Å². The highest BCUT2D eigenvalue weighted by molar-refractivity contribution is 5.76. The summed E-state index contributed by atoms with van der Waals surface area (Å²) in [6.07, 6.45) is 64.6. The third-order valence-electron chi connectivity index (χ3n) is 21.2. The minimum absolute atomic E-state index is 0.233. The number of aliphatic hydroxyl groups is 11. The van der Waals surface area contributed by atoms with Crippen LogP contribution in [0.25, 0.3) is 0 Å². The Bertz CT molecular complexity index is 2260. The fourth-order valence-electron chi connectivity index (χ4n) is 14.3. The Morgan fingerprint density at radius 1 is 0.346 bits per heavy atom. The van der Waals surface area contributed by atoms with E-state index in [9.17, 15) is 61.0 Å². The summed E-state index contributed by atoms with van der Waals surface area (Å²) in [6, 6.07) is -0.999. The van der Waals surface area contributed by atoms with Crippen LogP contribution in [0.5, 0.6) is 0 Å². The molecule has 0 aliphatic carbocycles. The number of carbonyl (C=O) groups is 1. The Hall–Kier alpha value is -3.03. The van der Waals surface area contributed by atoms with Gasteiger partial charge in [-0.2, -0.15) is 0 Å². The smallest absolute Gasteiger partial charge is 0.220 e. The number of ether oxygens (including phenoxy) is 6. The summed E-state index contributed by atoms with van der Waals surface area (Å²) >= 11 is 0. The molecule has 622 valence electrons. The zero-order chi connectivity index (χ0) is 77.4. The molecule has 1 amide bonds. The molecule has 12 N–H and O–H groups in total. The van der Waals surface area contributed by atoms with Crippen LogP contribution in [0.2, 0.25) is 0 Å². The highest BCUT2D eigenvalue weighted by atomic mass is 16.8. The van der Waals surface area contributed by atoms with Crippen LogP contribution in [-0.2, 0) is 33.2 Å². The molecular weight excluding hydrogens is 1360 g/mol. The van der Waals surface area contributed by atoms with Gasteiger partial charge < -0.3 is 89.9 Å². The van der Waals surface area contributed by atoms with Gasteiger partial charge in [0, 0.05) is 6.42 Å². The maximum atomic E-state index is 13.5. The molecule has 107 heavy (non-hydrogen) atoms. The van der Waals surface area contributed by atoms with Gasteiger partial charge in [-0.15, -0.1) is 0 Å². The van der Waals surface area contributed by atoms with Crippen molar-refractivity contribution in [3.8, 4) is 0 Å². The van der Waals surface area contributed by atoms with Crippen molar-refractivity contribution in [2.45, 2.75) is 439 Å². The first-order chi connectivity index (χ1) is 52.3. The third kappa shape index (κ3) is 46.7. The minimum atomic E-state index is -1.98. The number of hydrogen-bond donors (Lipinski definition) is 12. The molecule has 3 aliphatic rings. The molecule has 3 heterocycles. The SMILES string of the molecule is CC/C=C\C/C=C\C/C=C\C/C=C\CCCCCCCCCCCCCCCCCCCCCCCCCCCCCCC(=O)NC(COC1OC(CO)C(OC2OC(CO)C(OC3OC(CO)C(O)C(O)C3O)C(O)C2O)C(O)C1O)C(O)/C=C/CC/C=C/CC/C=C/CCCCCCCCCCCCC. The van der Waals surface area contributed by atoms with E-state index in [1.54, 1.807) is 6.08 Å². The second kappa shape index (κ2) is 67.5. The largest absolute Gasteiger partial charge is 0.394 e. The lowest BCUT2D eigenvalue weighted by molar-refractivity contribution is -0.379. The second-order valence-electron chi connectivity index (χ2n) is 30.6. The van der Waals surface area contributed by atoms with E-state index in [0.29, 0.717) is 12.8 Å². The number of aliphatic hydroxyl groups excluding tert-OH is 11. The molecule has 3 fully saturated rings. The van der Waals surface area contributed by atoms with Crippen molar-refractivity contribution in [3.63, 3.8) is 0 Å². The molecule has 0 bridgehead atoms. The van der Waals surface area contributed by atoms with Crippen LogP contribution < -0.4 is 5.32 Å².